The van der Waals surface area contributed by atoms with Gasteiger partial charge in [0.1, 0.15) is 0 Å². The number of pyridine rings is 1. The molecule has 1 saturated heterocycles. The average molecular weight is 397 g/mol. The van der Waals surface area contributed by atoms with Gasteiger partial charge in [0.25, 0.3) is 5.91 Å². The molecule has 1 amide bonds. The molecule has 0 N–H and O–H groups in total. The fourth-order valence-corrected chi connectivity index (χ4v) is 4.59. The van der Waals surface area contributed by atoms with E-state index in [1.807, 2.05) is 49.1 Å². The summed E-state index contributed by atoms with van der Waals surface area (Å²) in [5.74, 6) is 1.09. The molecular weight excluding hydrogens is 372 g/mol. The van der Waals surface area contributed by atoms with Crippen molar-refractivity contribution in [2.24, 2.45) is 11.8 Å². The lowest BCUT2D eigenvalue weighted by Gasteiger charge is -2.35. The van der Waals surface area contributed by atoms with Crippen LogP contribution in [-0.4, -0.2) is 38.7 Å². The Bertz CT molecular complexity index is 1050. The van der Waals surface area contributed by atoms with E-state index in [4.69, 9.17) is 16.6 Å². The van der Waals surface area contributed by atoms with Gasteiger partial charge in [-0.3, -0.25) is 4.79 Å². The molecule has 6 heteroatoms. The highest BCUT2D eigenvalue weighted by molar-refractivity contribution is 6.32. The van der Waals surface area contributed by atoms with Crippen molar-refractivity contribution in [3.63, 3.8) is 0 Å². The fourth-order valence-electron chi connectivity index (χ4n) is 4.37. The summed E-state index contributed by atoms with van der Waals surface area (Å²) in [7, 11) is 0. The van der Waals surface area contributed by atoms with Gasteiger partial charge in [0.05, 0.1) is 27.4 Å². The van der Waals surface area contributed by atoms with Crippen molar-refractivity contribution in [3.8, 4) is 5.69 Å². The quantitative estimate of drug-likeness (QED) is 0.624. The molecule has 4 rings (SSSR count). The minimum Gasteiger partial charge on any atom is -0.338 e. The number of nitrogens with zero attached hydrogens (tertiary/aromatic N) is 4. The van der Waals surface area contributed by atoms with Gasteiger partial charge >= 0.3 is 0 Å². The Morgan fingerprint density at radius 2 is 1.82 bits per heavy atom. The highest BCUT2D eigenvalue weighted by atomic mass is 35.5. The van der Waals surface area contributed by atoms with Crippen LogP contribution in [0.25, 0.3) is 16.7 Å². The molecule has 0 bridgehead atoms. The molecule has 0 aliphatic carbocycles. The van der Waals surface area contributed by atoms with Gasteiger partial charge in [-0.1, -0.05) is 37.6 Å². The zero-order valence-electron chi connectivity index (χ0n) is 16.7. The van der Waals surface area contributed by atoms with Crippen LogP contribution in [0.2, 0.25) is 5.02 Å². The van der Waals surface area contributed by atoms with E-state index in [2.05, 4.69) is 18.9 Å². The molecule has 1 aliphatic heterocycles. The van der Waals surface area contributed by atoms with Crippen molar-refractivity contribution in [1.29, 1.82) is 0 Å². The third-order valence-electron chi connectivity index (χ3n) is 5.41. The number of aromatic nitrogens is 3. The molecular formula is C22H25ClN4O. The van der Waals surface area contributed by atoms with Crippen molar-refractivity contribution in [2.45, 2.75) is 34.1 Å². The van der Waals surface area contributed by atoms with Crippen LogP contribution in [0, 0.1) is 25.7 Å². The number of amides is 1. The molecule has 0 radical (unpaired) electrons. The molecule has 146 valence electrons. The maximum Gasteiger partial charge on any atom is 0.254 e. The highest BCUT2D eigenvalue weighted by Crippen LogP contribution is 2.30. The maximum absolute atomic E-state index is 13.5. The number of hydrogen-bond acceptors (Lipinski definition) is 3. The molecule has 0 spiro atoms. The minimum atomic E-state index is 0.0655. The van der Waals surface area contributed by atoms with Crippen LogP contribution in [0.5, 0.6) is 0 Å². The van der Waals surface area contributed by atoms with Crippen LogP contribution in [0.4, 0.5) is 0 Å². The van der Waals surface area contributed by atoms with Gasteiger partial charge in [0, 0.05) is 18.8 Å². The van der Waals surface area contributed by atoms with Crippen LogP contribution >= 0.6 is 11.6 Å². The lowest BCUT2D eigenvalue weighted by molar-refractivity contribution is 0.0625. The van der Waals surface area contributed by atoms with E-state index in [1.165, 1.54) is 0 Å². The Kier molecular flexibility index (Phi) is 4.88. The monoisotopic (exact) mass is 396 g/mol. The number of carbonyl (C=O) groups excluding carboxylic acids is 1. The molecule has 2 atom stereocenters. The Balaban J connectivity index is 1.87. The molecule has 3 heterocycles. The number of carbonyl (C=O) groups is 1. The van der Waals surface area contributed by atoms with Crippen molar-refractivity contribution >= 4 is 28.5 Å². The van der Waals surface area contributed by atoms with E-state index >= 15 is 0 Å². The number of fused-ring (bicyclic) bond motifs is 1. The Morgan fingerprint density at radius 1 is 1.14 bits per heavy atom. The lowest BCUT2D eigenvalue weighted by Crippen LogP contribution is -2.42. The first-order valence-electron chi connectivity index (χ1n) is 9.76. The van der Waals surface area contributed by atoms with E-state index in [0.29, 0.717) is 28.1 Å². The van der Waals surface area contributed by atoms with E-state index in [1.54, 1.807) is 4.68 Å². The molecule has 3 aromatic rings. The van der Waals surface area contributed by atoms with Crippen LogP contribution in [0.1, 0.15) is 42.0 Å². The molecule has 2 aromatic heterocycles. The molecule has 0 saturated carbocycles. The predicted molar refractivity (Wildman–Crippen MR) is 112 cm³/mol. The third kappa shape index (κ3) is 3.28. The van der Waals surface area contributed by atoms with Gasteiger partial charge in [-0.25, -0.2) is 9.67 Å². The lowest BCUT2D eigenvalue weighted by atomic mass is 9.91. The van der Waals surface area contributed by atoms with Gasteiger partial charge in [-0.15, -0.1) is 0 Å². The van der Waals surface area contributed by atoms with E-state index in [0.717, 1.165) is 42.0 Å². The number of likely N-dealkylation sites (tertiary alicyclic amines) is 1. The second-order valence-electron chi connectivity index (χ2n) is 8.11. The van der Waals surface area contributed by atoms with Crippen LogP contribution in [0.3, 0.4) is 0 Å². The first-order chi connectivity index (χ1) is 13.3. The van der Waals surface area contributed by atoms with Crippen molar-refractivity contribution in [3.05, 3.63) is 52.3 Å². The molecule has 1 aliphatic rings. The number of hydrogen-bond donors (Lipinski definition) is 0. The fraction of sp³-hybridized carbons (Fsp3) is 0.409. The SMILES string of the molecule is Cc1cc(C(=O)N2CC(C)CC(C)C2)c2c(C)nn(-c3ccccc3Cl)c2n1. The zero-order chi connectivity index (χ0) is 20.0. The largest absolute Gasteiger partial charge is 0.338 e. The van der Waals surface area contributed by atoms with Gasteiger partial charge in [0.15, 0.2) is 5.65 Å². The molecule has 5 nitrogen and oxygen atoms in total. The minimum absolute atomic E-state index is 0.0655. The standard InChI is InChI=1S/C22H25ClN4O/c1-13-9-14(2)12-26(11-13)22(28)17-10-15(3)24-21-20(17)16(4)25-27(21)19-8-6-5-7-18(19)23/h5-8,10,13-14H,9,11-12H2,1-4H3. The average Bonchev–Trinajstić information content (AvgIpc) is 2.96. The number of rotatable bonds is 2. The first kappa shape index (κ1) is 18.9. The number of piperidine rings is 1. The van der Waals surface area contributed by atoms with Crippen LogP contribution in [-0.2, 0) is 0 Å². The summed E-state index contributed by atoms with van der Waals surface area (Å²) in [6.45, 7) is 9.85. The normalized spacial score (nSPS) is 20.0. The van der Waals surface area contributed by atoms with Gasteiger partial charge in [-0.05, 0) is 50.3 Å². The summed E-state index contributed by atoms with van der Waals surface area (Å²) in [6.07, 6.45) is 1.16. The van der Waals surface area contributed by atoms with Crippen molar-refractivity contribution < 1.29 is 4.79 Å². The summed E-state index contributed by atoms with van der Waals surface area (Å²) in [5, 5.41) is 6.08. The summed E-state index contributed by atoms with van der Waals surface area (Å²) < 4.78 is 1.75. The first-order valence-corrected chi connectivity index (χ1v) is 10.1. The second kappa shape index (κ2) is 7.21. The summed E-state index contributed by atoms with van der Waals surface area (Å²) in [6, 6.07) is 9.44. The van der Waals surface area contributed by atoms with Crippen molar-refractivity contribution in [1.82, 2.24) is 19.7 Å². The van der Waals surface area contributed by atoms with Gasteiger partial charge in [0.2, 0.25) is 0 Å². The topological polar surface area (TPSA) is 51.0 Å². The molecule has 1 aromatic carbocycles. The highest BCUT2D eigenvalue weighted by Gasteiger charge is 2.29. The number of benzene rings is 1. The summed E-state index contributed by atoms with van der Waals surface area (Å²) in [5.41, 5.74) is 3.69. The van der Waals surface area contributed by atoms with E-state index in [9.17, 15) is 4.79 Å². The number of para-hydroxylation sites is 1. The Morgan fingerprint density at radius 3 is 2.50 bits per heavy atom. The smallest absolute Gasteiger partial charge is 0.254 e. The predicted octanol–water partition coefficient (Wildman–Crippen LogP) is 4.81. The van der Waals surface area contributed by atoms with E-state index < -0.39 is 0 Å². The number of halogens is 1. The summed E-state index contributed by atoms with van der Waals surface area (Å²) in [4.78, 5) is 20.1. The molecule has 2 unspecified atom stereocenters. The molecule has 28 heavy (non-hydrogen) atoms. The second-order valence-corrected chi connectivity index (χ2v) is 8.52. The third-order valence-corrected chi connectivity index (χ3v) is 5.73. The Labute approximate surface area is 170 Å². The number of aryl methyl sites for hydroxylation is 2. The van der Waals surface area contributed by atoms with E-state index in [-0.39, 0.29) is 5.91 Å². The molecule has 1 fully saturated rings. The van der Waals surface area contributed by atoms with Crippen LogP contribution in [0.15, 0.2) is 30.3 Å². The van der Waals surface area contributed by atoms with Crippen LogP contribution < -0.4 is 0 Å². The van der Waals surface area contributed by atoms with Gasteiger partial charge < -0.3 is 4.90 Å². The maximum atomic E-state index is 13.5. The van der Waals surface area contributed by atoms with Gasteiger partial charge in [-0.2, -0.15) is 5.10 Å². The van der Waals surface area contributed by atoms with Crippen molar-refractivity contribution in [2.75, 3.05) is 13.1 Å². The Hall–Kier alpha value is -2.40. The zero-order valence-corrected chi connectivity index (χ0v) is 17.5. The summed E-state index contributed by atoms with van der Waals surface area (Å²) >= 11 is 6.40.